The van der Waals surface area contributed by atoms with Crippen LogP contribution < -0.4 is 5.32 Å². The van der Waals surface area contributed by atoms with Crippen LogP contribution in [0.2, 0.25) is 0 Å². The van der Waals surface area contributed by atoms with E-state index in [9.17, 15) is 0 Å². The van der Waals surface area contributed by atoms with Gasteiger partial charge >= 0.3 is 0 Å². The van der Waals surface area contributed by atoms with Gasteiger partial charge in [-0.05, 0) is 37.4 Å². The minimum Gasteiger partial charge on any atom is -0.348 e. The van der Waals surface area contributed by atoms with E-state index in [1.807, 2.05) is 18.5 Å². The third-order valence-corrected chi connectivity index (χ3v) is 4.13. The van der Waals surface area contributed by atoms with Crippen LogP contribution in [-0.4, -0.2) is 36.6 Å². The lowest BCUT2D eigenvalue weighted by atomic mass is 9.90. The van der Waals surface area contributed by atoms with Crippen LogP contribution in [0, 0.1) is 0 Å². The number of aromatic nitrogens is 1. The maximum Gasteiger partial charge on any atom is 0.168 e. The summed E-state index contributed by atoms with van der Waals surface area (Å²) in [4.78, 5) is 4.14. The molecule has 1 aromatic rings. The number of hydrogen-bond donors (Lipinski definition) is 1. The predicted molar refractivity (Wildman–Crippen MR) is 72.8 cm³/mol. The van der Waals surface area contributed by atoms with E-state index in [2.05, 4.69) is 16.4 Å². The van der Waals surface area contributed by atoms with Crippen molar-refractivity contribution in [1.82, 2.24) is 10.3 Å². The van der Waals surface area contributed by atoms with Gasteiger partial charge in [0.25, 0.3) is 0 Å². The Morgan fingerprint density at radius 1 is 1.26 bits per heavy atom. The summed E-state index contributed by atoms with van der Waals surface area (Å²) in [6.45, 7) is 2.54. The molecule has 104 valence electrons. The summed E-state index contributed by atoms with van der Waals surface area (Å²) < 4.78 is 11.5. The summed E-state index contributed by atoms with van der Waals surface area (Å²) in [6.07, 6.45) is 9.15. The van der Waals surface area contributed by atoms with Crippen LogP contribution in [0.15, 0.2) is 24.5 Å². The number of pyridine rings is 1. The van der Waals surface area contributed by atoms with Crippen LogP contribution in [0.5, 0.6) is 0 Å². The van der Waals surface area contributed by atoms with E-state index < -0.39 is 0 Å². The Bertz CT molecular complexity index is 380. The number of nitrogens with zero attached hydrogens (tertiary/aromatic N) is 1. The second-order valence-corrected chi connectivity index (χ2v) is 5.45. The van der Waals surface area contributed by atoms with Crippen molar-refractivity contribution < 1.29 is 9.47 Å². The second kappa shape index (κ2) is 5.99. The first-order valence-corrected chi connectivity index (χ1v) is 7.27. The van der Waals surface area contributed by atoms with Gasteiger partial charge in [0.05, 0.1) is 13.2 Å². The lowest BCUT2D eigenvalue weighted by Crippen LogP contribution is -2.42. The summed E-state index contributed by atoms with van der Waals surface area (Å²) in [5.41, 5.74) is 1.30. The highest BCUT2D eigenvalue weighted by Crippen LogP contribution is 2.35. The van der Waals surface area contributed by atoms with E-state index >= 15 is 0 Å². The molecule has 3 rings (SSSR count). The summed E-state index contributed by atoms with van der Waals surface area (Å²) in [7, 11) is 0. The van der Waals surface area contributed by atoms with Crippen molar-refractivity contribution in [3.8, 4) is 0 Å². The average Bonchev–Trinajstić information content (AvgIpc) is 2.91. The van der Waals surface area contributed by atoms with Gasteiger partial charge in [-0.25, -0.2) is 0 Å². The Labute approximate surface area is 114 Å². The van der Waals surface area contributed by atoms with Gasteiger partial charge < -0.3 is 14.8 Å². The molecule has 1 N–H and O–H groups in total. The predicted octanol–water partition coefficient (Wildman–Crippen LogP) is 1.90. The van der Waals surface area contributed by atoms with E-state index in [1.165, 1.54) is 5.56 Å². The van der Waals surface area contributed by atoms with E-state index in [-0.39, 0.29) is 5.79 Å². The normalized spacial score (nSPS) is 22.9. The van der Waals surface area contributed by atoms with Crippen LogP contribution in [0.25, 0.3) is 0 Å². The Kier molecular flexibility index (Phi) is 4.11. The zero-order chi connectivity index (χ0) is 13.0. The zero-order valence-corrected chi connectivity index (χ0v) is 11.3. The van der Waals surface area contributed by atoms with Crippen LogP contribution in [0.1, 0.15) is 31.2 Å². The van der Waals surface area contributed by atoms with Crippen molar-refractivity contribution in [2.24, 2.45) is 0 Å². The highest BCUT2D eigenvalue weighted by molar-refractivity contribution is 5.08. The second-order valence-electron chi connectivity index (χ2n) is 5.45. The molecule has 0 radical (unpaired) electrons. The number of ether oxygens (including phenoxy) is 2. The highest BCUT2D eigenvalue weighted by Gasteiger charge is 2.39. The molecule has 1 saturated heterocycles. The molecule has 2 fully saturated rings. The van der Waals surface area contributed by atoms with Gasteiger partial charge in [-0.2, -0.15) is 0 Å². The molecular formula is C15H22N2O2. The van der Waals surface area contributed by atoms with Crippen molar-refractivity contribution in [1.29, 1.82) is 0 Å². The Morgan fingerprint density at radius 2 is 2.05 bits per heavy atom. The molecule has 0 amide bonds. The largest absolute Gasteiger partial charge is 0.348 e. The van der Waals surface area contributed by atoms with Gasteiger partial charge in [-0.1, -0.05) is 6.07 Å². The first kappa shape index (κ1) is 13.0. The molecule has 1 aliphatic carbocycles. The molecule has 1 aliphatic heterocycles. The van der Waals surface area contributed by atoms with Gasteiger partial charge in [-0.15, -0.1) is 0 Å². The molecular weight excluding hydrogens is 240 g/mol. The molecule has 0 aromatic carbocycles. The fourth-order valence-corrected chi connectivity index (χ4v) is 3.01. The van der Waals surface area contributed by atoms with Crippen molar-refractivity contribution >= 4 is 0 Å². The van der Waals surface area contributed by atoms with Crippen LogP contribution >= 0.6 is 0 Å². The molecule has 2 aliphatic rings. The fourth-order valence-electron chi connectivity index (χ4n) is 3.01. The van der Waals surface area contributed by atoms with Crippen molar-refractivity contribution in [3.63, 3.8) is 0 Å². The third kappa shape index (κ3) is 3.32. The first-order chi connectivity index (χ1) is 9.36. The molecule has 19 heavy (non-hydrogen) atoms. The number of rotatable bonds is 4. The molecule has 1 saturated carbocycles. The zero-order valence-electron chi connectivity index (χ0n) is 11.3. The maximum atomic E-state index is 5.75. The van der Waals surface area contributed by atoms with Crippen LogP contribution in [0.3, 0.4) is 0 Å². The quantitative estimate of drug-likeness (QED) is 0.900. The summed E-state index contributed by atoms with van der Waals surface area (Å²) >= 11 is 0. The Hall–Kier alpha value is -0.970. The fraction of sp³-hybridized carbons (Fsp3) is 0.667. The molecule has 1 spiro atoms. The Morgan fingerprint density at radius 3 is 2.74 bits per heavy atom. The monoisotopic (exact) mass is 262 g/mol. The molecule has 2 heterocycles. The summed E-state index contributed by atoms with van der Waals surface area (Å²) in [5.74, 6) is -0.235. The minimum absolute atomic E-state index is 0.235. The van der Waals surface area contributed by atoms with Gasteiger partial charge in [0, 0.05) is 31.3 Å². The number of nitrogens with one attached hydrogen (secondary N) is 1. The lowest BCUT2D eigenvalue weighted by Gasteiger charge is -2.35. The summed E-state index contributed by atoms with van der Waals surface area (Å²) in [5, 5.41) is 3.64. The Balaban J connectivity index is 1.38. The molecule has 0 atom stereocenters. The molecule has 0 unspecified atom stereocenters. The minimum atomic E-state index is -0.235. The van der Waals surface area contributed by atoms with E-state index in [0.717, 1.165) is 51.9 Å². The van der Waals surface area contributed by atoms with Crippen LogP contribution in [0.4, 0.5) is 0 Å². The average molecular weight is 262 g/mol. The highest BCUT2D eigenvalue weighted by atomic mass is 16.7. The SMILES string of the molecule is c1cncc(CCNC2CCC3(CC2)OCCO3)c1. The van der Waals surface area contributed by atoms with Crippen molar-refractivity contribution in [2.75, 3.05) is 19.8 Å². The first-order valence-electron chi connectivity index (χ1n) is 7.27. The third-order valence-electron chi connectivity index (χ3n) is 4.13. The molecule has 1 aromatic heterocycles. The molecule has 4 nitrogen and oxygen atoms in total. The van der Waals surface area contributed by atoms with Gasteiger partial charge in [0.2, 0.25) is 0 Å². The molecule has 0 bridgehead atoms. The van der Waals surface area contributed by atoms with E-state index in [1.54, 1.807) is 0 Å². The van der Waals surface area contributed by atoms with Gasteiger partial charge in [-0.3, -0.25) is 4.98 Å². The van der Waals surface area contributed by atoms with Gasteiger partial charge in [0.1, 0.15) is 0 Å². The summed E-state index contributed by atoms with van der Waals surface area (Å²) in [6, 6.07) is 4.73. The maximum absolute atomic E-state index is 5.75. The van der Waals surface area contributed by atoms with Crippen LogP contribution in [-0.2, 0) is 15.9 Å². The van der Waals surface area contributed by atoms with Crippen molar-refractivity contribution in [3.05, 3.63) is 30.1 Å². The standard InChI is InChI=1S/C15H22N2O2/c1-2-13(12-16-8-1)5-9-17-14-3-6-15(7-4-14)18-10-11-19-15/h1-2,8,12,14,17H,3-7,9-11H2. The number of hydrogen-bond acceptors (Lipinski definition) is 4. The lowest BCUT2D eigenvalue weighted by molar-refractivity contribution is -0.179. The molecule has 4 heteroatoms. The topological polar surface area (TPSA) is 43.4 Å². The van der Waals surface area contributed by atoms with E-state index in [0.29, 0.717) is 6.04 Å². The smallest absolute Gasteiger partial charge is 0.168 e. The van der Waals surface area contributed by atoms with Gasteiger partial charge in [0.15, 0.2) is 5.79 Å². The van der Waals surface area contributed by atoms with E-state index in [4.69, 9.17) is 9.47 Å². The van der Waals surface area contributed by atoms with Crippen molar-refractivity contribution in [2.45, 2.75) is 43.9 Å².